The fourth-order valence-electron chi connectivity index (χ4n) is 2.13. The SMILES string of the molecule is CC1COCCN1C(=O)c1c(F)ccc([N+](=O)[O-])c1N. The number of hydrogen-bond donors (Lipinski definition) is 1. The third-order valence-electron chi connectivity index (χ3n) is 3.21. The molecule has 8 heteroatoms. The highest BCUT2D eigenvalue weighted by Crippen LogP contribution is 2.29. The van der Waals surface area contributed by atoms with Gasteiger partial charge in [0.15, 0.2) is 0 Å². The molecule has 1 aliphatic heterocycles. The van der Waals surface area contributed by atoms with Crippen LogP contribution in [-0.4, -0.2) is 41.5 Å². The first-order valence-electron chi connectivity index (χ1n) is 6.04. The highest BCUT2D eigenvalue weighted by molar-refractivity contribution is 6.01. The normalized spacial score (nSPS) is 18.9. The minimum absolute atomic E-state index is 0.241. The number of anilines is 1. The Morgan fingerprint density at radius 2 is 2.30 bits per heavy atom. The van der Waals surface area contributed by atoms with Crippen LogP contribution >= 0.6 is 0 Å². The van der Waals surface area contributed by atoms with E-state index >= 15 is 0 Å². The van der Waals surface area contributed by atoms with Gasteiger partial charge in [-0.15, -0.1) is 0 Å². The zero-order chi connectivity index (χ0) is 14.9. The lowest BCUT2D eigenvalue weighted by atomic mass is 10.1. The second-order valence-electron chi connectivity index (χ2n) is 4.53. The highest BCUT2D eigenvalue weighted by Gasteiger charge is 2.31. The maximum Gasteiger partial charge on any atom is 0.293 e. The number of benzene rings is 1. The molecule has 1 heterocycles. The van der Waals surface area contributed by atoms with Gasteiger partial charge in [0.2, 0.25) is 0 Å². The second-order valence-corrected chi connectivity index (χ2v) is 4.53. The van der Waals surface area contributed by atoms with Gasteiger partial charge in [0.25, 0.3) is 11.6 Å². The minimum Gasteiger partial charge on any atom is -0.392 e. The lowest BCUT2D eigenvalue weighted by Gasteiger charge is -2.33. The Bertz CT molecular complexity index is 564. The van der Waals surface area contributed by atoms with Crippen LogP contribution in [-0.2, 0) is 4.74 Å². The van der Waals surface area contributed by atoms with E-state index in [1.807, 2.05) is 0 Å². The van der Waals surface area contributed by atoms with Crippen LogP contribution in [0, 0.1) is 15.9 Å². The van der Waals surface area contributed by atoms with E-state index in [1.54, 1.807) is 6.92 Å². The predicted octanol–water partition coefficient (Wildman–Crippen LogP) is 1.18. The zero-order valence-electron chi connectivity index (χ0n) is 10.8. The van der Waals surface area contributed by atoms with E-state index in [0.29, 0.717) is 19.8 Å². The number of carbonyl (C=O) groups is 1. The summed E-state index contributed by atoms with van der Waals surface area (Å²) in [7, 11) is 0. The molecule has 0 aliphatic carbocycles. The maximum atomic E-state index is 13.8. The molecule has 0 aromatic heterocycles. The van der Waals surface area contributed by atoms with Crippen molar-refractivity contribution in [1.82, 2.24) is 4.90 Å². The Labute approximate surface area is 114 Å². The fraction of sp³-hybridized carbons (Fsp3) is 0.417. The molecular formula is C12H14FN3O4. The summed E-state index contributed by atoms with van der Waals surface area (Å²) in [6.45, 7) is 2.72. The van der Waals surface area contributed by atoms with Gasteiger partial charge in [-0.2, -0.15) is 0 Å². The summed E-state index contributed by atoms with van der Waals surface area (Å²) in [5.74, 6) is -1.52. The standard InChI is InChI=1S/C12H14FN3O4/c1-7-6-20-5-4-15(7)12(17)10-8(13)2-3-9(11(10)14)16(18)19/h2-3,7H,4-6,14H2,1H3. The molecule has 2 N–H and O–H groups in total. The number of nitro groups is 1. The molecule has 0 bridgehead atoms. The molecule has 1 unspecified atom stereocenters. The molecule has 7 nitrogen and oxygen atoms in total. The number of hydrogen-bond acceptors (Lipinski definition) is 5. The lowest BCUT2D eigenvalue weighted by molar-refractivity contribution is -0.384. The molecule has 1 fully saturated rings. The molecule has 0 saturated carbocycles. The van der Waals surface area contributed by atoms with Crippen molar-refractivity contribution >= 4 is 17.3 Å². The van der Waals surface area contributed by atoms with Crippen molar-refractivity contribution in [3.8, 4) is 0 Å². The Morgan fingerprint density at radius 1 is 1.60 bits per heavy atom. The Balaban J connectivity index is 2.43. The summed E-state index contributed by atoms with van der Waals surface area (Å²) in [5.41, 5.74) is 4.20. The smallest absolute Gasteiger partial charge is 0.293 e. The molecule has 1 aromatic rings. The van der Waals surface area contributed by atoms with Crippen LogP contribution in [0.3, 0.4) is 0 Å². The van der Waals surface area contributed by atoms with E-state index in [-0.39, 0.29) is 6.04 Å². The molecule has 0 spiro atoms. The molecule has 20 heavy (non-hydrogen) atoms. The Kier molecular flexibility index (Phi) is 3.84. The van der Waals surface area contributed by atoms with Gasteiger partial charge in [-0.1, -0.05) is 0 Å². The van der Waals surface area contributed by atoms with E-state index in [2.05, 4.69) is 0 Å². The number of rotatable bonds is 2. The van der Waals surface area contributed by atoms with Gasteiger partial charge in [0.1, 0.15) is 17.1 Å². The molecule has 1 saturated heterocycles. The van der Waals surface area contributed by atoms with Gasteiger partial charge in [0, 0.05) is 12.6 Å². The van der Waals surface area contributed by atoms with Crippen LogP contribution in [0.15, 0.2) is 12.1 Å². The first kappa shape index (κ1) is 14.2. The fourth-order valence-corrected chi connectivity index (χ4v) is 2.13. The molecule has 1 aliphatic rings. The van der Waals surface area contributed by atoms with Crippen LogP contribution in [0.2, 0.25) is 0 Å². The average Bonchev–Trinajstić information content (AvgIpc) is 2.38. The number of nitro benzene ring substituents is 1. The van der Waals surface area contributed by atoms with Crippen molar-refractivity contribution in [3.05, 3.63) is 33.6 Å². The van der Waals surface area contributed by atoms with Crippen LogP contribution in [0.4, 0.5) is 15.8 Å². The van der Waals surface area contributed by atoms with Gasteiger partial charge in [0.05, 0.1) is 24.2 Å². The molecule has 1 amide bonds. The van der Waals surface area contributed by atoms with Gasteiger partial charge < -0.3 is 15.4 Å². The maximum absolute atomic E-state index is 13.8. The Morgan fingerprint density at radius 3 is 2.90 bits per heavy atom. The zero-order valence-corrected chi connectivity index (χ0v) is 10.8. The van der Waals surface area contributed by atoms with Crippen molar-refractivity contribution in [2.24, 2.45) is 0 Å². The van der Waals surface area contributed by atoms with Crippen molar-refractivity contribution < 1.29 is 18.8 Å². The van der Waals surface area contributed by atoms with Gasteiger partial charge >= 0.3 is 0 Å². The number of nitrogens with two attached hydrogens (primary N) is 1. The number of carbonyl (C=O) groups excluding carboxylic acids is 1. The lowest BCUT2D eigenvalue weighted by Crippen LogP contribution is -2.47. The van der Waals surface area contributed by atoms with E-state index in [0.717, 1.165) is 12.1 Å². The van der Waals surface area contributed by atoms with Crippen LogP contribution < -0.4 is 5.73 Å². The van der Waals surface area contributed by atoms with Crippen LogP contribution in [0.5, 0.6) is 0 Å². The number of ether oxygens (including phenoxy) is 1. The number of halogens is 1. The number of morpholine rings is 1. The van der Waals surface area contributed by atoms with E-state index in [4.69, 9.17) is 10.5 Å². The molecule has 2 rings (SSSR count). The molecule has 1 aromatic carbocycles. The summed E-state index contributed by atoms with van der Waals surface area (Å²) in [6, 6.07) is 1.59. The summed E-state index contributed by atoms with van der Waals surface area (Å²) in [6.07, 6.45) is 0. The monoisotopic (exact) mass is 283 g/mol. The molecular weight excluding hydrogens is 269 g/mol. The number of nitrogens with zero attached hydrogens (tertiary/aromatic N) is 2. The third kappa shape index (κ3) is 2.42. The number of nitrogen functional groups attached to an aromatic ring is 1. The second kappa shape index (κ2) is 5.41. The highest BCUT2D eigenvalue weighted by atomic mass is 19.1. The summed E-state index contributed by atoms with van der Waals surface area (Å²) >= 11 is 0. The van der Waals surface area contributed by atoms with E-state index < -0.39 is 33.6 Å². The van der Waals surface area contributed by atoms with Crippen LogP contribution in [0.25, 0.3) is 0 Å². The summed E-state index contributed by atoms with van der Waals surface area (Å²) in [4.78, 5) is 23.8. The predicted molar refractivity (Wildman–Crippen MR) is 68.8 cm³/mol. The summed E-state index contributed by atoms with van der Waals surface area (Å²) in [5, 5.41) is 10.8. The van der Waals surface area contributed by atoms with Crippen molar-refractivity contribution in [2.75, 3.05) is 25.5 Å². The first-order valence-corrected chi connectivity index (χ1v) is 6.04. The number of amides is 1. The van der Waals surface area contributed by atoms with Gasteiger partial charge in [-0.05, 0) is 13.0 Å². The van der Waals surface area contributed by atoms with Crippen molar-refractivity contribution in [2.45, 2.75) is 13.0 Å². The topological polar surface area (TPSA) is 98.7 Å². The molecule has 108 valence electrons. The largest absolute Gasteiger partial charge is 0.392 e. The molecule has 0 radical (unpaired) electrons. The van der Waals surface area contributed by atoms with Crippen molar-refractivity contribution in [1.29, 1.82) is 0 Å². The summed E-state index contributed by atoms with van der Waals surface area (Å²) < 4.78 is 19.0. The van der Waals surface area contributed by atoms with E-state index in [1.165, 1.54) is 4.90 Å². The van der Waals surface area contributed by atoms with Crippen LogP contribution in [0.1, 0.15) is 17.3 Å². The average molecular weight is 283 g/mol. The Hall–Kier alpha value is -2.22. The van der Waals surface area contributed by atoms with E-state index in [9.17, 15) is 19.3 Å². The minimum atomic E-state index is -0.864. The molecule has 1 atom stereocenters. The third-order valence-corrected chi connectivity index (χ3v) is 3.21. The van der Waals surface area contributed by atoms with Gasteiger partial charge in [-0.25, -0.2) is 4.39 Å². The van der Waals surface area contributed by atoms with Crippen molar-refractivity contribution in [3.63, 3.8) is 0 Å². The quantitative estimate of drug-likeness (QED) is 0.499. The first-order chi connectivity index (χ1) is 9.43. The van der Waals surface area contributed by atoms with Gasteiger partial charge in [-0.3, -0.25) is 14.9 Å².